The van der Waals surface area contributed by atoms with Gasteiger partial charge in [-0.3, -0.25) is 0 Å². The molecule has 0 aromatic heterocycles. The average molecular weight is 436 g/mol. The Bertz CT molecular complexity index is 844. The van der Waals surface area contributed by atoms with Crippen LogP contribution in [0.2, 0.25) is 18.1 Å². The van der Waals surface area contributed by atoms with Crippen molar-refractivity contribution in [1.82, 2.24) is 0 Å². The lowest BCUT2D eigenvalue weighted by molar-refractivity contribution is 1.24. The van der Waals surface area contributed by atoms with Gasteiger partial charge in [-0.25, -0.2) is 0 Å². The third-order valence-corrected chi connectivity index (χ3v) is 10.4. The van der Waals surface area contributed by atoms with Crippen molar-refractivity contribution in [2.75, 3.05) is 0 Å². The lowest BCUT2D eigenvalue weighted by Gasteiger charge is -2.44. The van der Waals surface area contributed by atoms with Gasteiger partial charge in [0.15, 0.2) is 0 Å². The Hall–Kier alpha value is -2.84. The van der Waals surface area contributed by atoms with Gasteiger partial charge in [-0.2, -0.15) is 21.9 Å². The van der Waals surface area contributed by atoms with E-state index in [4.69, 9.17) is 0 Å². The zero-order valence-corrected chi connectivity index (χ0v) is 21.0. The van der Waals surface area contributed by atoms with Crippen molar-refractivity contribution >= 4 is 36.8 Å². The smallest absolute Gasteiger partial charge is 0.108 e. The molecule has 0 nitrogen and oxygen atoms in total. The highest BCUT2D eigenvalue weighted by Gasteiger charge is 2.30. The molecule has 0 heterocycles. The van der Waals surface area contributed by atoms with E-state index < -0.39 is 6.15 Å². The molecule has 2 heteroatoms. The minimum Gasteiger partial charge on any atom is -0.195 e. The molecular weight excluding hydrogens is 399 g/mol. The van der Waals surface area contributed by atoms with E-state index in [-0.39, 0.29) is 8.80 Å². The van der Waals surface area contributed by atoms with Gasteiger partial charge in [0.2, 0.25) is 0 Å². The molecule has 0 amide bonds. The molecule has 4 rings (SSSR count). The van der Waals surface area contributed by atoms with Gasteiger partial charge in [-0.1, -0.05) is 160 Å². The number of hydrogen-bond donors (Lipinski definition) is 0. The molecule has 0 N–H and O–H groups in total. The predicted octanol–water partition coefficient (Wildman–Crippen LogP) is 5.34. The molecule has 0 aliphatic carbocycles. The molecule has 0 spiro atoms. The molecule has 4 aromatic carbocycles. The Kier molecular flexibility index (Phi) is 9.13. The van der Waals surface area contributed by atoms with Gasteiger partial charge in [-0.05, 0) is 0 Å². The Morgan fingerprint density at radius 1 is 0.406 bits per heavy atom. The minimum atomic E-state index is -1.22. The molecule has 0 fully saturated rings. The van der Waals surface area contributed by atoms with Crippen LogP contribution >= 0.6 is 0 Å². The molecule has 164 valence electrons. The highest BCUT2D eigenvalue weighted by atomic mass is 28.3. The Morgan fingerprint density at radius 2 is 0.625 bits per heavy atom. The van der Waals surface area contributed by atoms with Crippen molar-refractivity contribution in [3.05, 3.63) is 121 Å². The second-order valence-corrected chi connectivity index (χ2v) is 12.8. The molecule has 0 radical (unpaired) electrons. The van der Waals surface area contributed by atoms with E-state index in [0.29, 0.717) is 0 Å². The second kappa shape index (κ2) is 12.3. The van der Waals surface area contributed by atoms with E-state index in [1.165, 1.54) is 40.0 Å². The van der Waals surface area contributed by atoms with E-state index in [1.54, 1.807) is 0 Å². The molecule has 0 saturated carbocycles. The normalized spacial score (nSPS) is 11.0. The third kappa shape index (κ3) is 5.31. The Labute approximate surface area is 196 Å². The highest BCUT2D eigenvalue weighted by molar-refractivity contribution is 7.19. The summed E-state index contributed by atoms with van der Waals surface area (Å²) in [6, 6.07) is 48.0. The maximum atomic E-state index is 2.32. The SMILES string of the molecule is CC[SiH](CC)CC.c1ccc([B-](c2ccccc2)(c2ccccc2)c2ccccc2)cc1. The third-order valence-electron chi connectivity index (χ3n) is 6.93. The maximum absolute atomic E-state index is 2.32. The first kappa shape index (κ1) is 23.8. The van der Waals surface area contributed by atoms with Crippen LogP contribution in [0.4, 0.5) is 0 Å². The van der Waals surface area contributed by atoms with Crippen LogP contribution in [-0.4, -0.2) is 14.9 Å². The molecule has 32 heavy (non-hydrogen) atoms. The summed E-state index contributed by atoms with van der Waals surface area (Å²) in [5.74, 6) is 0. The Balaban J connectivity index is 0.000000360. The zero-order chi connectivity index (χ0) is 22.7. The van der Waals surface area contributed by atoms with Gasteiger partial charge in [-0.15, -0.1) is 0 Å². The van der Waals surface area contributed by atoms with Gasteiger partial charge in [0.05, 0.1) is 0 Å². The van der Waals surface area contributed by atoms with Crippen molar-refractivity contribution in [2.24, 2.45) is 0 Å². The van der Waals surface area contributed by atoms with Crippen LogP contribution in [0.15, 0.2) is 121 Å². The van der Waals surface area contributed by atoms with E-state index >= 15 is 0 Å². The number of rotatable bonds is 7. The molecule has 0 atom stereocenters. The minimum absolute atomic E-state index is 0.171. The monoisotopic (exact) mass is 435 g/mol. The van der Waals surface area contributed by atoms with Crippen LogP contribution < -0.4 is 21.9 Å². The predicted molar refractivity (Wildman–Crippen MR) is 149 cm³/mol. The largest absolute Gasteiger partial charge is 0.195 e. The molecule has 0 unspecified atom stereocenters. The van der Waals surface area contributed by atoms with Crippen LogP contribution in [-0.2, 0) is 0 Å². The fraction of sp³-hybridized carbons (Fsp3) is 0.200. The van der Waals surface area contributed by atoms with Crippen LogP contribution in [0, 0.1) is 0 Å². The molecule has 0 aliphatic rings. The average Bonchev–Trinajstić information content (AvgIpc) is 2.89. The van der Waals surface area contributed by atoms with Crippen molar-refractivity contribution < 1.29 is 0 Å². The van der Waals surface area contributed by atoms with E-state index in [0.717, 1.165) is 0 Å². The van der Waals surface area contributed by atoms with Crippen LogP contribution in [0.1, 0.15) is 20.8 Å². The van der Waals surface area contributed by atoms with Gasteiger partial charge in [0.25, 0.3) is 0 Å². The fourth-order valence-electron chi connectivity index (χ4n) is 4.99. The van der Waals surface area contributed by atoms with E-state index in [2.05, 4.69) is 142 Å². The van der Waals surface area contributed by atoms with Crippen LogP contribution in [0.25, 0.3) is 0 Å². The van der Waals surface area contributed by atoms with Crippen molar-refractivity contribution in [1.29, 1.82) is 0 Å². The highest BCUT2D eigenvalue weighted by Crippen LogP contribution is 2.09. The van der Waals surface area contributed by atoms with Crippen molar-refractivity contribution in [2.45, 2.75) is 38.9 Å². The summed E-state index contributed by atoms with van der Waals surface area (Å²) < 4.78 is 0. The summed E-state index contributed by atoms with van der Waals surface area (Å²) in [6.45, 7) is 6.97. The quantitative estimate of drug-likeness (QED) is 0.344. The summed E-state index contributed by atoms with van der Waals surface area (Å²) >= 11 is 0. The Morgan fingerprint density at radius 3 is 0.781 bits per heavy atom. The zero-order valence-electron chi connectivity index (χ0n) is 19.8. The second-order valence-electron chi connectivity index (χ2n) is 8.60. The van der Waals surface area contributed by atoms with Crippen molar-refractivity contribution in [3.8, 4) is 0 Å². The molecule has 0 saturated heterocycles. The molecule has 0 aliphatic heterocycles. The van der Waals surface area contributed by atoms with E-state index in [9.17, 15) is 0 Å². The van der Waals surface area contributed by atoms with Crippen molar-refractivity contribution in [3.63, 3.8) is 0 Å². The van der Waals surface area contributed by atoms with Gasteiger partial charge in [0.1, 0.15) is 6.15 Å². The first-order chi connectivity index (χ1) is 15.8. The van der Waals surface area contributed by atoms with Gasteiger partial charge < -0.3 is 0 Å². The van der Waals surface area contributed by atoms with Gasteiger partial charge in [0, 0.05) is 8.80 Å². The number of hydrogen-bond acceptors (Lipinski definition) is 0. The fourth-order valence-corrected chi connectivity index (χ4v) is 6.72. The first-order valence-electron chi connectivity index (χ1n) is 12.1. The van der Waals surface area contributed by atoms with Crippen LogP contribution in [0.5, 0.6) is 0 Å². The summed E-state index contributed by atoms with van der Waals surface area (Å²) in [5.41, 5.74) is 5.36. The summed E-state index contributed by atoms with van der Waals surface area (Å²) in [6.07, 6.45) is -1.22. The number of benzene rings is 4. The molecule has 4 aromatic rings. The summed E-state index contributed by atoms with van der Waals surface area (Å²) in [5, 5.41) is 0. The van der Waals surface area contributed by atoms with Gasteiger partial charge >= 0.3 is 0 Å². The lowest BCUT2D eigenvalue weighted by Crippen LogP contribution is -2.74. The van der Waals surface area contributed by atoms with E-state index in [1.807, 2.05) is 0 Å². The first-order valence-corrected chi connectivity index (χ1v) is 14.6. The standard InChI is InChI=1S/C24H20B.C6H16Si/c1-5-13-21(14-6-1)25(22-15-7-2-8-16-22,23-17-9-3-10-18-23)24-19-11-4-12-20-24;1-4-7(5-2)6-3/h1-20H;7H,4-6H2,1-3H3/q-1;. The molecular formula is C30H36BSi-. The summed E-state index contributed by atoms with van der Waals surface area (Å²) in [7, 11) is -0.171. The summed E-state index contributed by atoms with van der Waals surface area (Å²) in [4.78, 5) is 0. The maximum Gasteiger partial charge on any atom is 0.108 e. The molecule has 0 bridgehead atoms. The lowest BCUT2D eigenvalue weighted by atomic mass is 9.13. The van der Waals surface area contributed by atoms with Crippen LogP contribution in [0.3, 0.4) is 0 Å². The topological polar surface area (TPSA) is 0 Å².